The van der Waals surface area contributed by atoms with Crippen LogP contribution in [0.25, 0.3) is 0 Å². The van der Waals surface area contributed by atoms with Crippen LogP contribution in [0.3, 0.4) is 0 Å². The van der Waals surface area contributed by atoms with Crippen LogP contribution in [0.5, 0.6) is 0 Å². The van der Waals surface area contributed by atoms with Crippen molar-refractivity contribution >= 4 is 11.6 Å². The van der Waals surface area contributed by atoms with E-state index in [0.29, 0.717) is 0 Å². The van der Waals surface area contributed by atoms with Gasteiger partial charge in [0, 0.05) is 17.0 Å². The maximum Gasteiger partial charge on any atom is 0.0939 e. The monoisotopic (exact) mass is 182 g/mol. The average molecular weight is 183 g/mol. The Bertz CT molecular complexity index is 292. The number of rotatable bonds is 1. The number of ether oxygens (including phenoxy) is 1. The molecule has 1 heterocycles. The van der Waals surface area contributed by atoms with E-state index in [1.807, 2.05) is 24.3 Å². The summed E-state index contributed by atoms with van der Waals surface area (Å²) >= 11 is 6.04. The summed E-state index contributed by atoms with van der Waals surface area (Å²) in [6.07, 6.45) is 1.07. The van der Waals surface area contributed by atoms with Crippen LogP contribution in [0, 0.1) is 0 Å². The Morgan fingerprint density at radius 2 is 2.08 bits per heavy atom. The molecular formula is C10H11ClO. The zero-order valence-electron chi connectivity index (χ0n) is 7.01. The minimum atomic E-state index is -0.127. The van der Waals surface area contributed by atoms with E-state index in [0.717, 1.165) is 23.6 Å². The molecule has 1 aliphatic rings. The summed E-state index contributed by atoms with van der Waals surface area (Å²) in [6.45, 7) is 2.93. The van der Waals surface area contributed by atoms with Gasteiger partial charge in [0.15, 0.2) is 0 Å². The minimum absolute atomic E-state index is 0.127. The molecule has 0 N–H and O–H groups in total. The fourth-order valence-corrected chi connectivity index (χ4v) is 1.85. The highest BCUT2D eigenvalue weighted by atomic mass is 35.5. The molecule has 0 saturated carbocycles. The van der Waals surface area contributed by atoms with Gasteiger partial charge in [-0.2, -0.15) is 0 Å². The molecular weight excluding hydrogens is 172 g/mol. The zero-order valence-corrected chi connectivity index (χ0v) is 7.77. The van der Waals surface area contributed by atoms with Crippen molar-refractivity contribution in [2.75, 3.05) is 6.61 Å². The topological polar surface area (TPSA) is 9.23 Å². The van der Waals surface area contributed by atoms with Gasteiger partial charge in [-0.3, -0.25) is 0 Å². The van der Waals surface area contributed by atoms with Gasteiger partial charge in [-0.25, -0.2) is 0 Å². The molecule has 1 atom stereocenters. The van der Waals surface area contributed by atoms with Crippen LogP contribution in [0.4, 0.5) is 0 Å². The summed E-state index contributed by atoms with van der Waals surface area (Å²) in [5, 5.41) is 0.805. The van der Waals surface area contributed by atoms with Gasteiger partial charge in [-0.05, 0) is 13.0 Å². The number of hydrogen-bond donors (Lipinski definition) is 0. The Morgan fingerprint density at radius 1 is 1.42 bits per heavy atom. The van der Waals surface area contributed by atoms with Crippen LogP contribution in [0.2, 0.25) is 5.02 Å². The molecule has 0 aromatic heterocycles. The lowest BCUT2D eigenvalue weighted by Crippen LogP contribution is -2.37. The summed E-state index contributed by atoms with van der Waals surface area (Å²) in [5.74, 6) is 0. The molecule has 0 radical (unpaired) electrons. The molecule has 1 aromatic carbocycles. The van der Waals surface area contributed by atoms with Crippen molar-refractivity contribution in [3.8, 4) is 0 Å². The second-order valence-corrected chi connectivity index (χ2v) is 3.72. The Balaban J connectivity index is 2.39. The third-order valence-electron chi connectivity index (χ3n) is 2.44. The number of halogens is 1. The molecule has 64 valence electrons. The lowest BCUT2D eigenvalue weighted by atomic mass is 9.89. The summed E-state index contributed by atoms with van der Waals surface area (Å²) < 4.78 is 5.50. The zero-order chi connectivity index (χ0) is 8.60. The molecule has 12 heavy (non-hydrogen) atoms. The molecule has 2 rings (SSSR count). The van der Waals surface area contributed by atoms with Crippen LogP contribution in [0.15, 0.2) is 24.3 Å². The van der Waals surface area contributed by atoms with Gasteiger partial charge < -0.3 is 4.74 Å². The van der Waals surface area contributed by atoms with Gasteiger partial charge in [0.1, 0.15) is 0 Å². The lowest BCUT2D eigenvalue weighted by Gasteiger charge is -2.39. The first-order valence-corrected chi connectivity index (χ1v) is 4.49. The molecule has 1 aromatic rings. The molecule has 0 aliphatic carbocycles. The average Bonchev–Trinajstić information content (AvgIpc) is 2.01. The van der Waals surface area contributed by atoms with Crippen LogP contribution < -0.4 is 0 Å². The third-order valence-corrected chi connectivity index (χ3v) is 2.77. The third kappa shape index (κ3) is 1.13. The Morgan fingerprint density at radius 3 is 2.58 bits per heavy atom. The quantitative estimate of drug-likeness (QED) is 0.649. The smallest absolute Gasteiger partial charge is 0.0939 e. The Hall–Kier alpha value is -0.530. The van der Waals surface area contributed by atoms with Crippen LogP contribution in [-0.2, 0) is 10.3 Å². The highest BCUT2D eigenvalue weighted by Crippen LogP contribution is 2.39. The van der Waals surface area contributed by atoms with Crippen LogP contribution in [0.1, 0.15) is 18.9 Å². The summed E-state index contributed by atoms with van der Waals surface area (Å²) in [7, 11) is 0. The van der Waals surface area contributed by atoms with Crippen molar-refractivity contribution in [1.29, 1.82) is 0 Å². The summed E-state index contributed by atoms with van der Waals surface area (Å²) in [6, 6.07) is 7.87. The largest absolute Gasteiger partial charge is 0.370 e. The normalized spacial score (nSPS) is 28.2. The second-order valence-electron chi connectivity index (χ2n) is 3.31. The molecule has 0 bridgehead atoms. The van der Waals surface area contributed by atoms with E-state index < -0.39 is 0 Å². The van der Waals surface area contributed by atoms with Gasteiger partial charge in [0.25, 0.3) is 0 Å². The van der Waals surface area contributed by atoms with Crippen molar-refractivity contribution in [2.24, 2.45) is 0 Å². The van der Waals surface area contributed by atoms with E-state index >= 15 is 0 Å². The second kappa shape index (κ2) is 2.75. The van der Waals surface area contributed by atoms with E-state index in [-0.39, 0.29) is 5.60 Å². The van der Waals surface area contributed by atoms with Gasteiger partial charge in [-0.15, -0.1) is 0 Å². The van der Waals surface area contributed by atoms with Gasteiger partial charge in [-0.1, -0.05) is 29.8 Å². The lowest BCUT2D eigenvalue weighted by molar-refractivity contribution is -0.140. The fraction of sp³-hybridized carbons (Fsp3) is 0.400. The van der Waals surface area contributed by atoms with Crippen LogP contribution >= 0.6 is 11.6 Å². The van der Waals surface area contributed by atoms with E-state index in [4.69, 9.17) is 16.3 Å². The minimum Gasteiger partial charge on any atom is -0.370 e. The predicted octanol–water partition coefficient (Wildman–Crippen LogP) is 2.98. The predicted molar refractivity (Wildman–Crippen MR) is 49.4 cm³/mol. The first-order valence-electron chi connectivity index (χ1n) is 4.11. The summed E-state index contributed by atoms with van der Waals surface area (Å²) in [5.41, 5.74) is 0.983. The van der Waals surface area contributed by atoms with Crippen molar-refractivity contribution in [3.63, 3.8) is 0 Å². The highest BCUT2D eigenvalue weighted by Gasteiger charge is 2.36. The molecule has 1 fully saturated rings. The maximum atomic E-state index is 6.04. The number of hydrogen-bond acceptors (Lipinski definition) is 1. The van der Waals surface area contributed by atoms with Crippen molar-refractivity contribution in [3.05, 3.63) is 34.9 Å². The standard InChI is InChI=1S/C10H11ClO/c1-10(6-7-12-10)8-4-2-3-5-9(8)11/h2-5H,6-7H2,1H3. The van der Waals surface area contributed by atoms with E-state index in [1.54, 1.807) is 0 Å². The first-order chi connectivity index (χ1) is 5.72. The van der Waals surface area contributed by atoms with Crippen molar-refractivity contribution in [2.45, 2.75) is 18.9 Å². The Labute approximate surface area is 77.3 Å². The molecule has 0 spiro atoms. The fourth-order valence-electron chi connectivity index (χ4n) is 1.51. The van der Waals surface area contributed by atoms with Crippen molar-refractivity contribution in [1.82, 2.24) is 0 Å². The van der Waals surface area contributed by atoms with Gasteiger partial charge in [0.05, 0.1) is 12.2 Å². The van der Waals surface area contributed by atoms with Gasteiger partial charge in [0.2, 0.25) is 0 Å². The molecule has 1 unspecified atom stereocenters. The molecule has 1 nitrogen and oxygen atoms in total. The first kappa shape index (κ1) is 8.09. The molecule has 2 heteroatoms. The van der Waals surface area contributed by atoms with E-state index in [1.165, 1.54) is 0 Å². The molecule has 1 aliphatic heterocycles. The highest BCUT2D eigenvalue weighted by molar-refractivity contribution is 6.31. The Kier molecular flexibility index (Phi) is 1.85. The number of benzene rings is 1. The SMILES string of the molecule is CC1(c2ccccc2Cl)CCO1. The van der Waals surface area contributed by atoms with Gasteiger partial charge >= 0.3 is 0 Å². The van der Waals surface area contributed by atoms with Crippen LogP contribution in [-0.4, -0.2) is 6.61 Å². The summed E-state index contributed by atoms with van der Waals surface area (Å²) in [4.78, 5) is 0. The maximum absolute atomic E-state index is 6.04. The molecule has 0 amide bonds. The van der Waals surface area contributed by atoms with Crippen molar-refractivity contribution < 1.29 is 4.74 Å². The van der Waals surface area contributed by atoms with E-state index in [2.05, 4.69) is 6.92 Å². The molecule has 1 saturated heterocycles. The van der Waals surface area contributed by atoms with E-state index in [9.17, 15) is 0 Å².